The maximum Gasteiger partial charge on any atom is 0.365 e. The van der Waals surface area contributed by atoms with Gasteiger partial charge in [0.2, 0.25) is 0 Å². The van der Waals surface area contributed by atoms with Crippen molar-refractivity contribution in [3.8, 4) is 0 Å². The minimum Gasteiger partial charge on any atom is -0.328 e. The smallest absolute Gasteiger partial charge is 0.328 e. The number of nitrogens with one attached hydrogen (secondary N) is 1. The SMILES string of the molecule is Cn1cnc2[nH]c(=O)n(OS(=O)(=O)c3ccccc3)c(=O)c21. The third-order valence-corrected chi connectivity index (χ3v) is 4.13. The van der Waals surface area contributed by atoms with Crippen molar-refractivity contribution in [1.82, 2.24) is 19.3 Å². The number of fused-ring (bicyclic) bond motifs is 1. The quantitative estimate of drug-likeness (QED) is 0.677. The van der Waals surface area contributed by atoms with E-state index in [1.165, 1.54) is 42.2 Å². The Balaban J connectivity index is 2.18. The van der Waals surface area contributed by atoms with Crippen LogP contribution in [0.15, 0.2) is 51.1 Å². The van der Waals surface area contributed by atoms with Crippen LogP contribution in [0.4, 0.5) is 0 Å². The van der Waals surface area contributed by atoms with E-state index >= 15 is 0 Å². The largest absolute Gasteiger partial charge is 0.365 e. The van der Waals surface area contributed by atoms with Gasteiger partial charge in [-0.1, -0.05) is 22.9 Å². The van der Waals surface area contributed by atoms with Crippen molar-refractivity contribution < 1.29 is 12.7 Å². The van der Waals surface area contributed by atoms with Crippen LogP contribution in [0.5, 0.6) is 0 Å². The van der Waals surface area contributed by atoms with Crippen molar-refractivity contribution in [2.75, 3.05) is 0 Å². The fraction of sp³-hybridized carbons (Fsp3) is 0.0833. The van der Waals surface area contributed by atoms with E-state index in [1.54, 1.807) is 6.07 Å². The molecule has 10 heteroatoms. The minimum atomic E-state index is -4.31. The van der Waals surface area contributed by atoms with Crippen LogP contribution in [0.3, 0.4) is 0 Å². The van der Waals surface area contributed by atoms with Gasteiger partial charge in [-0.05, 0) is 12.1 Å². The van der Waals surface area contributed by atoms with Crippen molar-refractivity contribution in [2.24, 2.45) is 7.05 Å². The monoisotopic (exact) mass is 322 g/mol. The van der Waals surface area contributed by atoms with E-state index in [0.29, 0.717) is 0 Å². The number of hydrogen-bond acceptors (Lipinski definition) is 6. The Kier molecular flexibility index (Phi) is 3.10. The van der Waals surface area contributed by atoms with Gasteiger partial charge in [-0.2, -0.15) is 8.42 Å². The summed E-state index contributed by atoms with van der Waals surface area (Å²) in [6.45, 7) is 0. The molecule has 0 atom stereocenters. The zero-order valence-corrected chi connectivity index (χ0v) is 12.1. The first-order valence-corrected chi connectivity index (χ1v) is 7.47. The van der Waals surface area contributed by atoms with Gasteiger partial charge in [0.15, 0.2) is 11.2 Å². The molecule has 0 fully saturated rings. The van der Waals surface area contributed by atoms with Gasteiger partial charge in [0.1, 0.15) is 4.90 Å². The fourth-order valence-corrected chi connectivity index (χ4v) is 2.82. The number of rotatable bonds is 3. The summed E-state index contributed by atoms with van der Waals surface area (Å²) >= 11 is 0. The Morgan fingerprint density at radius 3 is 2.55 bits per heavy atom. The van der Waals surface area contributed by atoms with Gasteiger partial charge in [-0.15, -0.1) is 0 Å². The van der Waals surface area contributed by atoms with Gasteiger partial charge in [-0.25, -0.2) is 9.78 Å². The second-order valence-corrected chi connectivity index (χ2v) is 5.95. The highest BCUT2D eigenvalue weighted by Crippen LogP contribution is 2.08. The highest BCUT2D eigenvalue weighted by Gasteiger charge is 2.21. The van der Waals surface area contributed by atoms with Gasteiger partial charge in [-0.3, -0.25) is 14.1 Å². The molecule has 0 radical (unpaired) electrons. The molecule has 114 valence electrons. The predicted molar refractivity (Wildman–Crippen MR) is 75.8 cm³/mol. The zero-order valence-electron chi connectivity index (χ0n) is 11.3. The zero-order chi connectivity index (χ0) is 15.9. The second kappa shape index (κ2) is 4.84. The average Bonchev–Trinajstić information content (AvgIpc) is 2.85. The summed E-state index contributed by atoms with van der Waals surface area (Å²) in [7, 11) is -2.78. The maximum absolute atomic E-state index is 12.2. The molecule has 0 unspecified atom stereocenters. The Morgan fingerprint density at radius 2 is 1.86 bits per heavy atom. The summed E-state index contributed by atoms with van der Waals surface area (Å²) in [5, 5.41) is 0. The number of nitrogens with zero attached hydrogens (tertiary/aromatic N) is 3. The normalized spacial score (nSPS) is 11.7. The minimum absolute atomic E-state index is 0.0165. The Morgan fingerprint density at radius 1 is 1.18 bits per heavy atom. The lowest BCUT2D eigenvalue weighted by atomic mass is 10.4. The van der Waals surface area contributed by atoms with Crippen LogP contribution in [0.25, 0.3) is 11.2 Å². The van der Waals surface area contributed by atoms with Crippen LogP contribution in [0.1, 0.15) is 0 Å². The van der Waals surface area contributed by atoms with Crippen molar-refractivity contribution in [3.63, 3.8) is 0 Å². The molecular formula is C12H10N4O5S. The summed E-state index contributed by atoms with van der Waals surface area (Å²) in [6, 6.07) is 7.19. The first-order valence-electron chi connectivity index (χ1n) is 6.06. The number of hydrogen-bond donors (Lipinski definition) is 1. The maximum atomic E-state index is 12.2. The molecule has 0 aliphatic carbocycles. The van der Waals surface area contributed by atoms with Crippen molar-refractivity contribution >= 4 is 21.3 Å². The van der Waals surface area contributed by atoms with Gasteiger partial charge in [0.25, 0.3) is 0 Å². The molecule has 2 heterocycles. The molecule has 9 nitrogen and oxygen atoms in total. The predicted octanol–water partition coefficient (Wildman–Crippen LogP) is -0.759. The van der Waals surface area contributed by atoms with Crippen LogP contribution in [0.2, 0.25) is 0 Å². The topological polar surface area (TPSA) is 116 Å². The Hall–Kier alpha value is -2.88. The number of aromatic amines is 1. The van der Waals surface area contributed by atoms with Crippen LogP contribution in [-0.2, 0) is 17.2 Å². The van der Waals surface area contributed by atoms with E-state index in [4.69, 9.17) is 0 Å². The molecule has 22 heavy (non-hydrogen) atoms. The van der Waals surface area contributed by atoms with Gasteiger partial charge < -0.3 is 4.57 Å². The van der Waals surface area contributed by atoms with E-state index in [9.17, 15) is 18.0 Å². The molecule has 0 saturated carbocycles. The van der Waals surface area contributed by atoms with Gasteiger partial charge >= 0.3 is 21.4 Å². The molecule has 0 saturated heterocycles. The lowest BCUT2D eigenvalue weighted by molar-refractivity contribution is 0.253. The van der Waals surface area contributed by atoms with E-state index < -0.39 is 21.4 Å². The Bertz CT molecular complexity index is 1060. The van der Waals surface area contributed by atoms with Crippen LogP contribution < -0.4 is 15.5 Å². The molecule has 0 aliphatic heterocycles. The van der Waals surface area contributed by atoms with Gasteiger partial charge in [0, 0.05) is 7.05 Å². The number of aromatic nitrogens is 4. The summed E-state index contributed by atoms with van der Waals surface area (Å²) in [4.78, 5) is 30.0. The van der Waals surface area contributed by atoms with Crippen molar-refractivity contribution in [1.29, 1.82) is 0 Å². The molecule has 0 spiro atoms. The molecule has 3 rings (SSSR count). The van der Waals surface area contributed by atoms with Crippen molar-refractivity contribution in [3.05, 3.63) is 57.5 Å². The molecule has 0 amide bonds. The second-order valence-electron chi connectivity index (χ2n) is 4.42. The van der Waals surface area contributed by atoms with Crippen LogP contribution >= 0.6 is 0 Å². The summed E-state index contributed by atoms with van der Waals surface area (Å²) in [6.07, 6.45) is 1.32. The lowest BCUT2D eigenvalue weighted by Crippen LogP contribution is -2.42. The fourth-order valence-electron chi connectivity index (χ4n) is 1.91. The van der Waals surface area contributed by atoms with E-state index in [2.05, 4.69) is 14.3 Å². The number of benzene rings is 1. The highest BCUT2D eigenvalue weighted by molar-refractivity contribution is 7.87. The molecule has 2 aromatic heterocycles. The highest BCUT2D eigenvalue weighted by atomic mass is 32.2. The first-order chi connectivity index (χ1) is 10.4. The van der Waals surface area contributed by atoms with E-state index in [-0.39, 0.29) is 20.8 Å². The number of imidazole rings is 1. The number of aryl methyl sites for hydroxylation is 1. The third-order valence-electron chi connectivity index (χ3n) is 2.94. The van der Waals surface area contributed by atoms with E-state index in [0.717, 1.165) is 0 Å². The molecule has 1 N–H and O–H groups in total. The lowest BCUT2D eigenvalue weighted by Gasteiger charge is -2.07. The molecule has 0 bridgehead atoms. The Labute approximate surface area is 123 Å². The van der Waals surface area contributed by atoms with Crippen LogP contribution in [-0.4, -0.2) is 27.7 Å². The standard InChI is InChI=1S/C12H10N4O5S/c1-15-7-13-10-9(15)11(17)16(12(18)14-10)21-22(19,20)8-5-3-2-4-6-8/h2-7H,1H3,(H,14,18). The third kappa shape index (κ3) is 2.19. The molecular weight excluding hydrogens is 312 g/mol. The summed E-state index contributed by atoms with van der Waals surface area (Å²) < 4.78 is 30.4. The number of H-pyrrole nitrogens is 1. The van der Waals surface area contributed by atoms with Gasteiger partial charge in [0.05, 0.1) is 6.33 Å². The van der Waals surface area contributed by atoms with Crippen LogP contribution in [0, 0.1) is 0 Å². The van der Waals surface area contributed by atoms with Crippen molar-refractivity contribution in [2.45, 2.75) is 4.90 Å². The first kappa shape index (κ1) is 14.1. The molecule has 1 aromatic carbocycles. The van der Waals surface area contributed by atoms with E-state index in [1.807, 2.05) is 0 Å². The molecule has 0 aliphatic rings. The summed E-state index contributed by atoms with van der Waals surface area (Å²) in [5.74, 6) is 0. The summed E-state index contributed by atoms with van der Waals surface area (Å²) in [5.41, 5.74) is -1.88. The molecule has 3 aromatic rings. The average molecular weight is 322 g/mol.